The van der Waals surface area contributed by atoms with Crippen molar-refractivity contribution >= 4 is 17.4 Å². The zero-order valence-corrected chi connectivity index (χ0v) is 12.3. The lowest BCUT2D eigenvalue weighted by Gasteiger charge is -2.12. The standard InChI is InChI=1S/C13H18N6O2/c1-9-6-11(18-21-9)13(20)15-5-4-14-12-7-10(19(2)3)8-16-17-12/h6-8H,4-5H2,1-3H3,(H,14,17)(H,15,20). The van der Waals surface area contributed by atoms with Crippen LogP contribution in [0.15, 0.2) is 22.9 Å². The lowest BCUT2D eigenvalue weighted by atomic mass is 10.3. The Morgan fingerprint density at radius 3 is 2.81 bits per heavy atom. The van der Waals surface area contributed by atoms with Crippen LogP contribution in [0, 0.1) is 6.92 Å². The minimum atomic E-state index is -0.262. The lowest BCUT2D eigenvalue weighted by Crippen LogP contribution is -2.29. The summed E-state index contributed by atoms with van der Waals surface area (Å²) in [6.45, 7) is 2.72. The van der Waals surface area contributed by atoms with Crippen LogP contribution in [-0.4, -0.2) is 48.4 Å². The monoisotopic (exact) mass is 290 g/mol. The Labute approximate surface area is 122 Å². The van der Waals surface area contributed by atoms with Crippen LogP contribution < -0.4 is 15.5 Å². The molecule has 112 valence electrons. The fourth-order valence-electron chi connectivity index (χ4n) is 1.62. The first-order valence-corrected chi connectivity index (χ1v) is 6.51. The number of nitrogens with zero attached hydrogens (tertiary/aromatic N) is 4. The van der Waals surface area contributed by atoms with Crippen LogP contribution in [0.1, 0.15) is 16.2 Å². The van der Waals surface area contributed by atoms with Crippen molar-refractivity contribution in [3.05, 3.63) is 29.8 Å². The molecule has 0 aliphatic carbocycles. The predicted molar refractivity (Wildman–Crippen MR) is 78.4 cm³/mol. The largest absolute Gasteiger partial charge is 0.376 e. The van der Waals surface area contributed by atoms with Gasteiger partial charge >= 0.3 is 0 Å². The summed E-state index contributed by atoms with van der Waals surface area (Å²) in [5.74, 6) is 1.00. The molecule has 2 aromatic heterocycles. The van der Waals surface area contributed by atoms with E-state index in [0.29, 0.717) is 24.7 Å². The molecule has 8 nitrogen and oxygen atoms in total. The summed E-state index contributed by atoms with van der Waals surface area (Å²) in [4.78, 5) is 13.7. The average Bonchev–Trinajstić information content (AvgIpc) is 2.90. The second-order valence-corrected chi connectivity index (χ2v) is 4.70. The number of anilines is 2. The Balaban J connectivity index is 1.77. The van der Waals surface area contributed by atoms with Gasteiger partial charge in [0.1, 0.15) is 5.76 Å². The van der Waals surface area contributed by atoms with Crippen LogP contribution >= 0.6 is 0 Å². The third-order valence-electron chi connectivity index (χ3n) is 2.73. The van der Waals surface area contributed by atoms with Crippen molar-refractivity contribution < 1.29 is 9.32 Å². The van der Waals surface area contributed by atoms with Gasteiger partial charge < -0.3 is 20.1 Å². The lowest BCUT2D eigenvalue weighted by molar-refractivity contribution is 0.0946. The van der Waals surface area contributed by atoms with Crippen molar-refractivity contribution in [3.8, 4) is 0 Å². The molecule has 0 atom stereocenters. The average molecular weight is 290 g/mol. The zero-order chi connectivity index (χ0) is 15.2. The molecule has 0 unspecified atom stereocenters. The molecule has 0 saturated heterocycles. The van der Waals surface area contributed by atoms with E-state index in [4.69, 9.17) is 4.52 Å². The predicted octanol–water partition coefficient (Wildman–Crippen LogP) is 0.681. The summed E-state index contributed by atoms with van der Waals surface area (Å²) in [5.41, 5.74) is 1.23. The Bertz CT molecular complexity index is 610. The number of carbonyl (C=O) groups is 1. The number of hydrogen-bond acceptors (Lipinski definition) is 7. The number of hydrogen-bond donors (Lipinski definition) is 2. The van der Waals surface area contributed by atoms with E-state index in [9.17, 15) is 4.79 Å². The van der Waals surface area contributed by atoms with Crippen molar-refractivity contribution in [2.45, 2.75) is 6.92 Å². The van der Waals surface area contributed by atoms with Crippen molar-refractivity contribution in [2.24, 2.45) is 0 Å². The molecule has 0 aliphatic rings. The van der Waals surface area contributed by atoms with Gasteiger partial charge in [-0.1, -0.05) is 5.16 Å². The summed E-state index contributed by atoms with van der Waals surface area (Å²) in [6, 6.07) is 3.48. The molecule has 0 saturated carbocycles. The maximum atomic E-state index is 11.7. The van der Waals surface area contributed by atoms with Gasteiger partial charge in [0.15, 0.2) is 11.5 Å². The molecular formula is C13H18N6O2. The highest BCUT2D eigenvalue weighted by Crippen LogP contribution is 2.12. The SMILES string of the molecule is Cc1cc(C(=O)NCCNc2cc(N(C)C)cnn2)no1. The summed E-state index contributed by atoms with van der Waals surface area (Å²) in [6.07, 6.45) is 1.68. The maximum Gasteiger partial charge on any atom is 0.273 e. The Kier molecular flexibility index (Phi) is 4.70. The van der Waals surface area contributed by atoms with Crippen molar-refractivity contribution in [2.75, 3.05) is 37.4 Å². The zero-order valence-electron chi connectivity index (χ0n) is 12.3. The summed E-state index contributed by atoms with van der Waals surface area (Å²) >= 11 is 0. The van der Waals surface area contributed by atoms with Crippen LogP contribution in [0.25, 0.3) is 0 Å². The molecule has 8 heteroatoms. The molecule has 2 heterocycles. The molecule has 2 aromatic rings. The third-order valence-corrected chi connectivity index (χ3v) is 2.73. The van der Waals surface area contributed by atoms with Crippen LogP contribution in [0.2, 0.25) is 0 Å². The van der Waals surface area contributed by atoms with Gasteiger partial charge in [-0.25, -0.2) is 0 Å². The van der Waals surface area contributed by atoms with Gasteiger partial charge in [0.25, 0.3) is 5.91 Å². The van der Waals surface area contributed by atoms with Gasteiger partial charge in [-0.05, 0) is 6.92 Å². The first kappa shape index (κ1) is 14.8. The fourth-order valence-corrected chi connectivity index (χ4v) is 1.62. The molecule has 0 aromatic carbocycles. The smallest absolute Gasteiger partial charge is 0.273 e. The Morgan fingerprint density at radius 1 is 1.33 bits per heavy atom. The summed E-state index contributed by atoms with van der Waals surface area (Å²) in [7, 11) is 3.86. The first-order valence-electron chi connectivity index (χ1n) is 6.51. The van der Waals surface area contributed by atoms with Gasteiger partial charge in [-0.2, -0.15) is 5.10 Å². The Morgan fingerprint density at radius 2 is 2.14 bits per heavy atom. The molecule has 0 radical (unpaired) electrons. The van der Waals surface area contributed by atoms with Crippen molar-refractivity contribution in [1.82, 2.24) is 20.7 Å². The van der Waals surface area contributed by atoms with E-state index >= 15 is 0 Å². The molecule has 0 spiro atoms. The van der Waals surface area contributed by atoms with E-state index in [0.717, 1.165) is 5.69 Å². The molecule has 2 rings (SSSR count). The van der Waals surface area contributed by atoms with Crippen LogP contribution in [0.5, 0.6) is 0 Å². The molecular weight excluding hydrogens is 272 g/mol. The quantitative estimate of drug-likeness (QED) is 0.755. The number of aromatic nitrogens is 3. The van der Waals surface area contributed by atoms with E-state index in [1.807, 2.05) is 25.1 Å². The molecule has 0 bridgehead atoms. The highest BCUT2D eigenvalue weighted by molar-refractivity contribution is 5.92. The van der Waals surface area contributed by atoms with Crippen LogP contribution in [-0.2, 0) is 0 Å². The van der Waals surface area contributed by atoms with Gasteiger partial charge in [-0.15, -0.1) is 5.10 Å². The van der Waals surface area contributed by atoms with Gasteiger partial charge in [0, 0.05) is 39.3 Å². The molecule has 1 amide bonds. The summed E-state index contributed by atoms with van der Waals surface area (Å²) < 4.78 is 4.85. The number of rotatable bonds is 6. The number of carbonyl (C=O) groups excluding carboxylic acids is 1. The number of aryl methyl sites for hydroxylation is 1. The second-order valence-electron chi connectivity index (χ2n) is 4.70. The van der Waals surface area contributed by atoms with E-state index < -0.39 is 0 Å². The summed E-state index contributed by atoms with van der Waals surface area (Å²) in [5, 5.41) is 17.4. The van der Waals surface area contributed by atoms with Crippen LogP contribution in [0.4, 0.5) is 11.5 Å². The number of amides is 1. The minimum absolute atomic E-state index is 0.262. The first-order chi connectivity index (χ1) is 10.1. The molecule has 0 fully saturated rings. The van der Waals surface area contributed by atoms with E-state index in [-0.39, 0.29) is 11.6 Å². The second kappa shape index (κ2) is 6.69. The number of nitrogens with one attached hydrogen (secondary N) is 2. The van der Waals surface area contributed by atoms with E-state index in [1.165, 1.54) is 0 Å². The Hall–Kier alpha value is -2.64. The van der Waals surface area contributed by atoms with Crippen molar-refractivity contribution in [1.29, 1.82) is 0 Å². The maximum absolute atomic E-state index is 11.7. The fraction of sp³-hybridized carbons (Fsp3) is 0.385. The van der Waals surface area contributed by atoms with Crippen LogP contribution in [0.3, 0.4) is 0 Å². The van der Waals surface area contributed by atoms with Gasteiger partial charge in [-0.3, -0.25) is 4.79 Å². The van der Waals surface area contributed by atoms with Crippen molar-refractivity contribution in [3.63, 3.8) is 0 Å². The molecule has 2 N–H and O–H groups in total. The normalized spacial score (nSPS) is 10.2. The van der Waals surface area contributed by atoms with Gasteiger partial charge in [0.2, 0.25) is 0 Å². The topological polar surface area (TPSA) is 96.2 Å². The van der Waals surface area contributed by atoms with Gasteiger partial charge in [0.05, 0.1) is 11.9 Å². The van der Waals surface area contributed by atoms with E-state index in [2.05, 4.69) is 26.0 Å². The molecule has 21 heavy (non-hydrogen) atoms. The highest BCUT2D eigenvalue weighted by Gasteiger charge is 2.09. The van der Waals surface area contributed by atoms with E-state index in [1.54, 1.807) is 19.2 Å². The minimum Gasteiger partial charge on any atom is -0.376 e. The third kappa shape index (κ3) is 4.16. The molecule has 0 aliphatic heterocycles. The highest BCUT2D eigenvalue weighted by atomic mass is 16.5.